The number of hydrogen-bond donors (Lipinski definition) is 1. The molecule has 1 aliphatic rings. The molecule has 2 aromatic rings. The van der Waals surface area contributed by atoms with E-state index in [1.54, 1.807) is 23.2 Å². The topological polar surface area (TPSA) is 91.6 Å². The van der Waals surface area contributed by atoms with Crippen LogP contribution in [-0.4, -0.2) is 59.4 Å². The summed E-state index contributed by atoms with van der Waals surface area (Å²) in [6.45, 7) is 5.19. The molecule has 3 heterocycles. The van der Waals surface area contributed by atoms with E-state index in [9.17, 15) is 9.59 Å². The van der Waals surface area contributed by atoms with Crippen molar-refractivity contribution in [2.24, 2.45) is 0 Å². The van der Waals surface area contributed by atoms with Gasteiger partial charge in [-0.3, -0.25) is 9.59 Å². The Hall–Kier alpha value is -2.90. The molecule has 0 aromatic carbocycles. The minimum Gasteiger partial charge on any atom is -0.459 e. The van der Waals surface area contributed by atoms with Crippen molar-refractivity contribution < 1.29 is 14.0 Å². The number of unbranched alkanes of at least 4 members (excludes halogenated alkanes) is 1. The zero-order valence-electron chi connectivity index (χ0n) is 14.9. The molecular weight excluding hydrogens is 334 g/mol. The molecule has 3 rings (SSSR count). The normalized spacial score (nSPS) is 14.3. The summed E-state index contributed by atoms with van der Waals surface area (Å²) in [6, 6.07) is 3.38. The van der Waals surface area contributed by atoms with Gasteiger partial charge in [0.05, 0.1) is 18.7 Å². The standard InChI is InChI=1S/C18H23N5O3/c1-2-3-6-19-17(24)14-12-21-16(13-20-14)22-7-9-23(10-8-22)18(25)15-5-4-11-26-15/h4-5,11-13H,2-3,6-10H2,1H3,(H,19,24). The molecule has 8 nitrogen and oxygen atoms in total. The second-order valence-corrected chi connectivity index (χ2v) is 6.13. The van der Waals surface area contributed by atoms with Crippen LogP contribution in [0.15, 0.2) is 35.2 Å². The highest BCUT2D eigenvalue weighted by Crippen LogP contribution is 2.14. The van der Waals surface area contributed by atoms with Gasteiger partial charge in [0.25, 0.3) is 11.8 Å². The highest BCUT2D eigenvalue weighted by atomic mass is 16.3. The van der Waals surface area contributed by atoms with Crippen LogP contribution in [-0.2, 0) is 0 Å². The smallest absolute Gasteiger partial charge is 0.289 e. The lowest BCUT2D eigenvalue weighted by atomic mass is 10.3. The molecule has 0 radical (unpaired) electrons. The quantitative estimate of drug-likeness (QED) is 0.789. The molecule has 0 spiro atoms. The van der Waals surface area contributed by atoms with E-state index in [2.05, 4.69) is 27.1 Å². The molecule has 8 heteroatoms. The fourth-order valence-electron chi connectivity index (χ4n) is 2.77. The van der Waals surface area contributed by atoms with Crippen LogP contribution in [0.2, 0.25) is 0 Å². The summed E-state index contributed by atoms with van der Waals surface area (Å²) in [4.78, 5) is 36.6. The van der Waals surface area contributed by atoms with Gasteiger partial charge in [0.1, 0.15) is 11.5 Å². The number of carbonyl (C=O) groups excluding carboxylic acids is 2. The number of nitrogens with zero attached hydrogens (tertiary/aromatic N) is 4. The van der Waals surface area contributed by atoms with Crippen molar-refractivity contribution >= 4 is 17.6 Å². The average molecular weight is 357 g/mol. The Labute approximate surface area is 152 Å². The molecule has 1 aliphatic heterocycles. The third kappa shape index (κ3) is 4.19. The number of rotatable bonds is 6. The lowest BCUT2D eigenvalue weighted by Crippen LogP contribution is -2.49. The summed E-state index contributed by atoms with van der Waals surface area (Å²) >= 11 is 0. The fraction of sp³-hybridized carbons (Fsp3) is 0.444. The first kappa shape index (κ1) is 17.9. The Morgan fingerprint density at radius 2 is 2.00 bits per heavy atom. The SMILES string of the molecule is CCCCNC(=O)c1cnc(N2CCN(C(=O)c3ccco3)CC2)cn1. The molecule has 1 saturated heterocycles. The van der Waals surface area contributed by atoms with E-state index >= 15 is 0 Å². The summed E-state index contributed by atoms with van der Waals surface area (Å²) < 4.78 is 5.17. The third-order valence-corrected chi connectivity index (χ3v) is 4.31. The zero-order chi connectivity index (χ0) is 18.4. The van der Waals surface area contributed by atoms with E-state index in [1.807, 2.05) is 0 Å². The molecule has 0 bridgehead atoms. The summed E-state index contributed by atoms with van der Waals surface area (Å²) in [7, 11) is 0. The minimum atomic E-state index is -0.202. The molecule has 0 saturated carbocycles. The Bertz CT molecular complexity index is 722. The maximum Gasteiger partial charge on any atom is 0.289 e. The number of amides is 2. The van der Waals surface area contributed by atoms with Crippen molar-refractivity contribution in [1.29, 1.82) is 0 Å². The second kappa shape index (κ2) is 8.46. The zero-order valence-corrected chi connectivity index (χ0v) is 14.9. The molecular formula is C18H23N5O3. The van der Waals surface area contributed by atoms with Crippen LogP contribution in [0.3, 0.4) is 0 Å². The van der Waals surface area contributed by atoms with Gasteiger partial charge in [-0.05, 0) is 18.6 Å². The van der Waals surface area contributed by atoms with Gasteiger partial charge in [-0.25, -0.2) is 9.97 Å². The molecule has 0 aliphatic carbocycles. The molecule has 2 amide bonds. The van der Waals surface area contributed by atoms with Crippen LogP contribution in [0.1, 0.15) is 40.8 Å². The van der Waals surface area contributed by atoms with Crippen LogP contribution in [0.25, 0.3) is 0 Å². The van der Waals surface area contributed by atoms with Crippen molar-refractivity contribution in [3.8, 4) is 0 Å². The number of carbonyl (C=O) groups is 2. The van der Waals surface area contributed by atoms with E-state index < -0.39 is 0 Å². The van der Waals surface area contributed by atoms with Gasteiger partial charge in [0.2, 0.25) is 0 Å². The molecule has 2 aromatic heterocycles. The highest BCUT2D eigenvalue weighted by Gasteiger charge is 2.24. The summed E-state index contributed by atoms with van der Waals surface area (Å²) in [6.07, 6.45) is 6.58. The van der Waals surface area contributed by atoms with E-state index in [-0.39, 0.29) is 11.8 Å². The first-order valence-corrected chi connectivity index (χ1v) is 8.87. The lowest BCUT2D eigenvalue weighted by Gasteiger charge is -2.34. The summed E-state index contributed by atoms with van der Waals surface area (Å²) in [5.74, 6) is 0.767. The third-order valence-electron chi connectivity index (χ3n) is 4.31. The number of piperazine rings is 1. The molecule has 1 N–H and O–H groups in total. The molecule has 0 atom stereocenters. The van der Waals surface area contributed by atoms with Crippen molar-refractivity contribution in [1.82, 2.24) is 20.2 Å². The van der Waals surface area contributed by atoms with Crippen LogP contribution >= 0.6 is 0 Å². The van der Waals surface area contributed by atoms with Gasteiger partial charge in [-0.2, -0.15) is 0 Å². The first-order chi connectivity index (χ1) is 12.7. The molecule has 138 valence electrons. The van der Waals surface area contributed by atoms with Crippen LogP contribution in [0.4, 0.5) is 5.82 Å². The van der Waals surface area contributed by atoms with Gasteiger partial charge < -0.3 is 19.5 Å². The molecule has 1 fully saturated rings. The molecule has 0 unspecified atom stereocenters. The van der Waals surface area contributed by atoms with E-state index in [0.717, 1.165) is 12.8 Å². The van der Waals surface area contributed by atoms with Crippen LogP contribution in [0, 0.1) is 0 Å². The Morgan fingerprint density at radius 1 is 1.19 bits per heavy atom. The van der Waals surface area contributed by atoms with E-state index in [1.165, 1.54) is 12.5 Å². The number of nitrogens with one attached hydrogen (secondary N) is 1. The maximum atomic E-state index is 12.3. The van der Waals surface area contributed by atoms with Crippen molar-refractivity contribution in [3.63, 3.8) is 0 Å². The summed E-state index contributed by atoms with van der Waals surface area (Å²) in [5, 5.41) is 2.82. The molecule has 26 heavy (non-hydrogen) atoms. The first-order valence-electron chi connectivity index (χ1n) is 8.87. The van der Waals surface area contributed by atoms with Crippen molar-refractivity contribution in [3.05, 3.63) is 42.2 Å². The Balaban J connectivity index is 1.53. The Kier molecular flexibility index (Phi) is 5.83. The van der Waals surface area contributed by atoms with Gasteiger partial charge in [0, 0.05) is 32.7 Å². The summed E-state index contributed by atoms with van der Waals surface area (Å²) in [5.41, 5.74) is 0.316. The minimum absolute atomic E-state index is 0.0974. The maximum absolute atomic E-state index is 12.3. The highest BCUT2D eigenvalue weighted by molar-refractivity contribution is 5.92. The number of furan rings is 1. The monoisotopic (exact) mass is 357 g/mol. The van der Waals surface area contributed by atoms with Crippen LogP contribution in [0.5, 0.6) is 0 Å². The fourth-order valence-corrected chi connectivity index (χ4v) is 2.77. The van der Waals surface area contributed by atoms with Crippen molar-refractivity contribution in [2.75, 3.05) is 37.6 Å². The van der Waals surface area contributed by atoms with E-state index in [0.29, 0.717) is 50.0 Å². The Morgan fingerprint density at radius 3 is 2.62 bits per heavy atom. The predicted molar refractivity (Wildman–Crippen MR) is 96.1 cm³/mol. The van der Waals surface area contributed by atoms with E-state index in [4.69, 9.17) is 4.42 Å². The van der Waals surface area contributed by atoms with Crippen LogP contribution < -0.4 is 10.2 Å². The van der Waals surface area contributed by atoms with Gasteiger partial charge in [-0.15, -0.1) is 0 Å². The van der Waals surface area contributed by atoms with Gasteiger partial charge in [0.15, 0.2) is 5.76 Å². The van der Waals surface area contributed by atoms with Gasteiger partial charge >= 0.3 is 0 Å². The number of anilines is 1. The van der Waals surface area contributed by atoms with Crippen molar-refractivity contribution in [2.45, 2.75) is 19.8 Å². The predicted octanol–water partition coefficient (Wildman–Crippen LogP) is 1.56. The second-order valence-electron chi connectivity index (χ2n) is 6.13. The van der Waals surface area contributed by atoms with Gasteiger partial charge in [-0.1, -0.05) is 13.3 Å². The number of aromatic nitrogens is 2. The average Bonchev–Trinajstić information content (AvgIpc) is 3.23. The lowest BCUT2D eigenvalue weighted by molar-refractivity contribution is 0.0714. The number of hydrogen-bond acceptors (Lipinski definition) is 6. The largest absolute Gasteiger partial charge is 0.459 e.